The van der Waals surface area contributed by atoms with E-state index in [2.05, 4.69) is 5.10 Å². The van der Waals surface area contributed by atoms with Crippen LogP contribution in [0.25, 0.3) is 5.69 Å². The van der Waals surface area contributed by atoms with Crippen molar-refractivity contribution < 1.29 is 27.8 Å². The van der Waals surface area contributed by atoms with Crippen LogP contribution in [0.1, 0.15) is 46.6 Å². The lowest BCUT2D eigenvalue weighted by Gasteiger charge is -2.41. The number of aromatic nitrogens is 2. The van der Waals surface area contributed by atoms with Crippen LogP contribution in [-0.4, -0.2) is 41.1 Å². The Morgan fingerprint density at radius 3 is 2.24 bits per heavy atom. The third-order valence-electron chi connectivity index (χ3n) is 7.01. The second-order valence-corrected chi connectivity index (χ2v) is 8.83. The topological polar surface area (TPSA) is 67.6 Å². The number of amides is 1. The van der Waals surface area contributed by atoms with Crippen LogP contribution in [0.3, 0.4) is 0 Å². The third kappa shape index (κ3) is 3.55. The zero-order chi connectivity index (χ0) is 24.1. The highest BCUT2D eigenvalue weighted by Gasteiger charge is 2.43. The van der Waals surface area contributed by atoms with Crippen molar-refractivity contribution in [3.8, 4) is 11.4 Å². The molecule has 3 aromatic rings. The van der Waals surface area contributed by atoms with Crippen molar-refractivity contribution >= 4 is 11.6 Å². The largest absolute Gasteiger partial charge is 0.497 e. The summed E-state index contributed by atoms with van der Waals surface area (Å²) in [5.74, 6) is 0.00862. The van der Waals surface area contributed by atoms with Gasteiger partial charge in [0.2, 0.25) is 0 Å². The van der Waals surface area contributed by atoms with Gasteiger partial charge in [0, 0.05) is 23.2 Å². The fraction of sp³-hybridized carbons (Fsp3) is 0.360. The van der Waals surface area contributed by atoms with Crippen LogP contribution in [0, 0.1) is 0 Å². The summed E-state index contributed by atoms with van der Waals surface area (Å²) in [7, 11) is 1.49. The third-order valence-corrected chi connectivity index (χ3v) is 7.01. The molecule has 1 N–H and O–H groups in total. The van der Waals surface area contributed by atoms with Crippen LogP contribution < -0.4 is 9.64 Å². The van der Waals surface area contributed by atoms with Gasteiger partial charge in [0.05, 0.1) is 19.4 Å². The number of fused-ring (bicyclic) bond motifs is 1. The molecule has 6 nitrogen and oxygen atoms in total. The van der Waals surface area contributed by atoms with E-state index >= 15 is 0 Å². The monoisotopic (exact) mass is 471 g/mol. The maximum absolute atomic E-state index is 13.8. The lowest BCUT2D eigenvalue weighted by molar-refractivity contribution is -0.141. The standard InChI is InChI=1S/C25H24F3N3O3/c1-34-19-9-7-18(8-10-19)31-21-20(22(29-31)25(26,27)28)11-14-30(23(21)33)17-5-3-16(4-6-17)24(15-32)12-2-13-24/h3-10,32H,2,11-15H2,1H3. The van der Waals surface area contributed by atoms with Crippen LogP contribution in [0.2, 0.25) is 0 Å². The number of ether oxygens (including phenoxy) is 1. The first-order chi connectivity index (χ1) is 16.3. The van der Waals surface area contributed by atoms with Gasteiger partial charge in [0.15, 0.2) is 5.69 Å². The molecule has 1 amide bonds. The molecule has 0 unspecified atom stereocenters. The van der Waals surface area contributed by atoms with Crippen molar-refractivity contribution in [3.05, 3.63) is 71.0 Å². The van der Waals surface area contributed by atoms with Crippen LogP contribution >= 0.6 is 0 Å². The summed E-state index contributed by atoms with van der Waals surface area (Å²) in [6.45, 7) is 0.188. The van der Waals surface area contributed by atoms with Gasteiger partial charge >= 0.3 is 6.18 Å². The number of anilines is 1. The summed E-state index contributed by atoms with van der Waals surface area (Å²) < 4.78 is 47.5. The molecule has 1 fully saturated rings. The van der Waals surface area contributed by atoms with Crippen molar-refractivity contribution in [2.45, 2.75) is 37.3 Å². The smallest absolute Gasteiger partial charge is 0.435 e. The Bertz CT molecular complexity index is 1210. The summed E-state index contributed by atoms with van der Waals surface area (Å²) in [5.41, 5.74) is 0.519. The normalized spacial score (nSPS) is 17.3. The highest BCUT2D eigenvalue weighted by Crippen LogP contribution is 2.44. The number of rotatable bonds is 5. The van der Waals surface area contributed by atoms with E-state index in [9.17, 15) is 23.1 Å². The maximum atomic E-state index is 13.8. The van der Waals surface area contributed by atoms with Gasteiger partial charge in [-0.2, -0.15) is 18.3 Å². The van der Waals surface area contributed by atoms with Crippen molar-refractivity contribution in [2.75, 3.05) is 25.2 Å². The molecule has 0 spiro atoms. The molecule has 0 saturated heterocycles. The molecule has 1 aromatic heterocycles. The summed E-state index contributed by atoms with van der Waals surface area (Å²) in [4.78, 5) is 15.0. The van der Waals surface area contributed by atoms with E-state index in [1.165, 1.54) is 12.0 Å². The van der Waals surface area contributed by atoms with Gasteiger partial charge in [-0.3, -0.25) is 4.79 Å². The van der Waals surface area contributed by atoms with Gasteiger partial charge in [-0.15, -0.1) is 0 Å². The number of benzene rings is 2. The minimum atomic E-state index is -4.67. The van der Waals surface area contributed by atoms with Crippen LogP contribution in [0.5, 0.6) is 5.75 Å². The first kappa shape index (κ1) is 22.5. The average molecular weight is 471 g/mol. The minimum Gasteiger partial charge on any atom is -0.497 e. The SMILES string of the molecule is COc1ccc(-n2nc(C(F)(F)F)c3c2C(=O)N(c2ccc(C4(CO)CCC4)cc2)CC3)cc1. The predicted octanol–water partition coefficient (Wildman–Crippen LogP) is 4.52. The van der Waals surface area contributed by atoms with Gasteiger partial charge in [0.1, 0.15) is 11.4 Å². The summed E-state index contributed by atoms with van der Waals surface area (Å²) in [6, 6.07) is 13.8. The Morgan fingerprint density at radius 2 is 1.71 bits per heavy atom. The van der Waals surface area contributed by atoms with E-state index in [1.54, 1.807) is 36.4 Å². The molecule has 2 aromatic carbocycles. The number of hydrogen-bond donors (Lipinski definition) is 1. The molecular formula is C25H24F3N3O3. The lowest BCUT2D eigenvalue weighted by atomic mass is 9.65. The molecule has 1 saturated carbocycles. The second-order valence-electron chi connectivity index (χ2n) is 8.83. The fourth-order valence-corrected chi connectivity index (χ4v) is 4.88. The van der Waals surface area contributed by atoms with Crippen molar-refractivity contribution in [2.24, 2.45) is 0 Å². The van der Waals surface area contributed by atoms with Gasteiger partial charge in [-0.1, -0.05) is 18.6 Å². The van der Waals surface area contributed by atoms with E-state index in [1.807, 2.05) is 12.1 Å². The first-order valence-corrected chi connectivity index (χ1v) is 11.1. The van der Waals surface area contributed by atoms with Crippen LogP contribution in [-0.2, 0) is 18.0 Å². The highest BCUT2D eigenvalue weighted by molar-refractivity contribution is 6.07. The maximum Gasteiger partial charge on any atom is 0.435 e. The van der Waals surface area contributed by atoms with Crippen LogP contribution in [0.4, 0.5) is 18.9 Å². The number of aliphatic hydroxyl groups excluding tert-OH is 1. The number of carbonyl (C=O) groups excluding carboxylic acids is 1. The zero-order valence-electron chi connectivity index (χ0n) is 18.6. The summed E-state index contributed by atoms with van der Waals surface area (Å²) in [6.07, 6.45) is -1.75. The second kappa shape index (κ2) is 8.16. The summed E-state index contributed by atoms with van der Waals surface area (Å²) in [5, 5.41) is 13.6. The molecule has 1 aliphatic heterocycles. The molecule has 1 aliphatic carbocycles. The number of hydrogen-bond acceptors (Lipinski definition) is 4. The molecule has 0 bridgehead atoms. The molecule has 178 valence electrons. The number of nitrogens with zero attached hydrogens (tertiary/aromatic N) is 3. The van der Waals surface area contributed by atoms with E-state index in [4.69, 9.17) is 4.74 Å². The van der Waals surface area contributed by atoms with Crippen LogP contribution in [0.15, 0.2) is 48.5 Å². The van der Waals surface area contributed by atoms with Crippen molar-refractivity contribution in [1.29, 1.82) is 0 Å². The molecular weight excluding hydrogens is 447 g/mol. The predicted molar refractivity (Wildman–Crippen MR) is 120 cm³/mol. The minimum absolute atomic E-state index is 0.0361. The lowest BCUT2D eigenvalue weighted by Crippen LogP contribution is -2.39. The molecule has 0 atom stereocenters. The van der Waals surface area contributed by atoms with Gasteiger partial charge < -0.3 is 14.7 Å². The molecule has 2 heterocycles. The quantitative estimate of drug-likeness (QED) is 0.594. The van der Waals surface area contributed by atoms with Crippen molar-refractivity contribution in [1.82, 2.24) is 9.78 Å². The molecule has 9 heteroatoms. The molecule has 0 radical (unpaired) electrons. The number of halogens is 3. The average Bonchev–Trinajstić information content (AvgIpc) is 3.21. The fourth-order valence-electron chi connectivity index (χ4n) is 4.88. The number of carbonyl (C=O) groups is 1. The number of aliphatic hydroxyl groups is 1. The van der Waals surface area contributed by atoms with Gasteiger partial charge in [0.25, 0.3) is 5.91 Å². The summed E-state index contributed by atoms with van der Waals surface area (Å²) >= 11 is 0. The van der Waals surface area contributed by atoms with E-state index in [0.717, 1.165) is 29.5 Å². The number of methoxy groups -OCH3 is 1. The first-order valence-electron chi connectivity index (χ1n) is 11.1. The molecule has 2 aliphatic rings. The molecule has 34 heavy (non-hydrogen) atoms. The van der Waals surface area contributed by atoms with E-state index in [-0.39, 0.29) is 36.2 Å². The van der Waals surface area contributed by atoms with Gasteiger partial charge in [-0.25, -0.2) is 4.68 Å². The van der Waals surface area contributed by atoms with E-state index < -0.39 is 17.8 Å². The Balaban J connectivity index is 1.53. The Labute approximate surface area is 194 Å². The van der Waals surface area contributed by atoms with Crippen molar-refractivity contribution in [3.63, 3.8) is 0 Å². The zero-order valence-corrected chi connectivity index (χ0v) is 18.6. The number of alkyl halides is 3. The Kier molecular flexibility index (Phi) is 5.39. The highest BCUT2D eigenvalue weighted by atomic mass is 19.4. The van der Waals surface area contributed by atoms with Gasteiger partial charge in [-0.05, 0) is 61.2 Å². The Hall–Kier alpha value is -3.33. The molecule has 5 rings (SSSR count). The van der Waals surface area contributed by atoms with E-state index in [0.29, 0.717) is 17.1 Å². The Morgan fingerprint density at radius 1 is 1.06 bits per heavy atom.